The third kappa shape index (κ3) is 3.57. The molecule has 2 fully saturated rings. The summed E-state index contributed by atoms with van der Waals surface area (Å²) < 4.78 is 0. The van der Waals surface area contributed by atoms with Crippen LogP contribution in [0.5, 0.6) is 0 Å². The van der Waals surface area contributed by atoms with Gasteiger partial charge in [-0.2, -0.15) is 0 Å². The normalized spacial score (nSPS) is 32.5. The van der Waals surface area contributed by atoms with Crippen molar-refractivity contribution < 1.29 is 9.59 Å². The highest BCUT2D eigenvalue weighted by Gasteiger charge is 2.30. The van der Waals surface area contributed by atoms with Crippen molar-refractivity contribution >= 4 is 24.2 Å². The molecule has 2 aliphatic heterocycles. The molecule has 0 aromatic carbocycles. The molecular formula is C11H20ClN3O2. The average Bonchev–Trinajstić information content (AvgIpc) is 2.68. The van der Waals surface area contributed by atoms with Crippen LogP contribution in [0.3, 0.4) is 0 Å². The standard InChI is InChI=1S/C11H19N3O2.ClH/c1-7-8(3-2-6-12-7)14-11(16)9-4-5-10(15)13-9;/h7-9,12H,2-6H2,1H3,(H,13,15)(H,14,16);1H/t7?,8?,9-;/m1./s1. The van der Waals surface area contributed by atoms with Gasteiger partial charge in [0.15, 0.2) is 0 Å². The second-order valence-corrected chi connectivity index (χ2v) is 4.66. The van der Waals surface area contributed by atoms with E-state index in [0.29, 0.717) is 18.9 Å². The fraction of sp³-hybridized carbons (Fsp3) is 0.818. The first-order valence-corrected chi connectivity index (χ1v) is 6.00. The third-order valence-electron chi connectivity index (χ3n) is 3.40. The number of halogens is 1. The van der Waals surface area contributed by atoms with E-state index in [1.165, 1.54) is 0 Å². The number of nitrogens with one attached hydrogen (secondary N) is 3. The van der Waals surface area contributed by atoms with Crippen LogP contribution in [0.4, 0.5) is 0 Å². The second-order valence-electron chi connectivity index (χ2n) is 4.66. The van der Waals surface area contributed by atoms with Crippen LogP contribution in [0.15, 0.2) is 0 Å². The van der Waals surface area contributed by atoms with E-state index in [0.717, 1.165) is 19.4 Å². The minimum Gasteiger partial charge on any atom is -0.350 e. The van der Waals surface area contributed by atoms with Gasteiger partial charge in [-0.1, -0.05) is 0 Å². The average molecular weight is 262 g/mol. The Morgan fingerprint density at radius 1 is 1.41 bits per heavy atom. The molecule has 2 aliphatic rings. The summed E-state index contributed by atoms with van der Waals surface area (Å²) in [6.45, 7) is 3.10. The maximum Gasteiger partial charge on any atom is 0.242 e. The molecule has 3 N–H and O–H groups in total. The summed E-state index contributed by atoms with van der Waals surface area (Å²) in [5.41, 5.74) is 0. The molecule has 0 aromatic rings. The van der Waals surface area contributed by atoms with E-state index < -0.39 is 0 Å². The monoisotopic (exact) mass is 261 g/mol. The van der Waals surface area contributed by atoms with Crippen molar-refractivity contribution in [2.45, 2.75) is 50.7 Å². The van der Waals surface area contributed by atoms with Crippen molar-refractivity contribution in [2.75, 3.05) is 6.54 Å². The van der Waals surface area contributed by atoms with Crippen LogP contribution in [0, 0.1) is 0 Å². The predicted octanol–water partition coefficient (Wildman–Crippen LogP) is -0.0565. The van der Waals surface area contributed by atoms with Gasteiger partial charge in [0.25, 0.3) is 0 Å². The van der Waals surface area contributed by atoms with Crippen molar-refractivity contribution in [3.8, 4) is 0 Å². The van der Waals surface area contributed by atoms with Crippen molar-refractivity contribution in [1.82, 2.24) is 16.0 Å². The molecule has 0 aromatic heterocycles. The maximum absolute atomic E-state index is 11.9. The first-order chi connectivity index (χ1) is 7.66. The summed E-state index contributed by atoms with van der Waals surface area (Å²) in [5.74, 6) is -0.0543. The Labute approximate surface area is 108 Å². The molecule has 2 saturated heterocycles. The number of hydrogen-bond acceptors (Lipinski definition) is 3. The molecule has 98 valence electrons. The van der Waals surface area contributed by atoms with Crippen molar-refractivity contribution in [3.63, 3.8) is 0 Å². The van der Waals surface area contributed by atoms with E-state index in [1.807, 2.05) is 0 Å². The van der Waals surface area contributed by atoms with Crippen LogP contribution in [-0.2, 0) is 9.59 Å². The van der Waals surface area contributed by atoms with Crippen LogP contribution in [-0.4, -0.2) is 36.5 Å². The number of carbonyl (C=O) groups is 2. The summed E-state index contributed by atoms with van der Waals surface area (Å²) in [4.78, 5) is 22.9. The summed E-state index contributed by atoms with van der Waals surface area (Å²) in [6.07, 6.45) is 3.20. The van der Waals surface area contributed by atoms with Gasteiger partial charge >= 0.3 is 0 Å². The summed E-state index contributed by atoms with van der Waals surface area (Å²) >= 11 is 0. The van der Waals surface area contributed by atoms with Crippen LogP contribution in [0.2, 0.25) is 0 Å². The molecule has 0 bridgehead atoms. The first kappa shape index (κ1) is 14.3. The van der Waals surface area contributed by atoms with E-state index >= 15 is 0 Å². The number of carbonyl (C=O) groups excluding carboxylic acids is 2. The van der Waals surface area contributed by atoms with E-state index in [-0.39, 0.29) is 36.3 Å². The Morgan fingerprint density at radius 2 is 2.18 bits per heavy atom. The van der Waals surface area contributed by atoms with Crippen LogP contribution < -0.4 is 16.0 Å². The Kier molecular flexibility index (Phi) is 5.21. The maximum atomic E-state index is 11.9. The number of amides is 2. The number of hydrogen-bond donors (Lipinski definition) is 3. The lowest BCUT2D eigenvalue weighted by molar-refractivity contribution is -0.126. The van der Waals surface area contributed by atoms with Gasteiger partial charge in [-0.3, -0.25) is 9.59 Å². The lowest BCUT2D eigenvalue weighted by atomic mass is 9.99. The minimum atomic E-state index is -0.318. The molecule has 17 heavy (non-hydrogen) atoms. The molecule has 0 spiro atoms. The van der Waals surface area contributed by atoms with Crippen molar-refractivity contribution in [3.05, 3.63) is 0 Å². The zero-order chi connectivity index (χ0) is 11.5. The smallest absolute Gasteiger partial charge is 0.242 e. The van der Waals surface area contributed by atoms with Gasteiger partial charge in [0, 0.05) is 18.5 Å². The summed E-state index contributed by atoms with van der Waals surface area (Å²) in [6, 6.07) is 0.190. The number of piperidine rings is 1. The Hall–Kier alpha value is -0.810. The predicted molar refractivity (Wildman–Crippen MR) is 67.0 cm³/mol. The Balaban J connectivity index is 0.00000144. The van der Waals surface area contributed by atoms with Crippen molar-refractivity contribution in [2.24, 2.45) is 0 Å². The zero-order valence-corrected chi connectivity index (χ0v) is 10.8. The quantitative estimate of drug-likeness (QED) is 0.653. The highest BCUT2D eigenvalue weighted by atomic mass is 35.5. The van der Waals surface area contributed by atoms with Gasteiger partial charge in [0.05, 0.1) is 0 Å². The van der Waals surface area contributed by atoms with E-state index in [9.17, 15) is 9.59 Å². The fourth-order valence-corrected chi connectivity index (χ4v) is 2.34. The molecule has 5 nitrogen and oxygen atoms in total. The molecular weight excluding hydrogens is 242 g/mol. The molecule has 3 atom stereocenters. The highest BCUT2D eigenvalue weighted by molar-refractivity contribution is 5.90. The van der Waals surface area contributed by atoms with Crippen LogP contribution in [0.25, 0.3) is 0 Å². The van der Waals surface area contributed by atoms with Gasteiger partial charge in [0.2, 0.25) is 11.8 Å². The number of rotatable bonds is 2. The van der Waals surface area contributed by atoms with E-state index in [1.54, 1.807) is 0 Å². The molecule has 0 saturated carbocycles. The highest BCUT2D eigenvalue weighted by Crippen LogP contribution is 2.11. The van der Waals surface area contributed by atoms with Gasteiger partial charge < -0.3 is 16.0 Å². The first-order valence-electron chi connectivity index (χ1n) is 6.00. The summed E-state index contributed by atoms with van der Waals surface area (Å²) in [7, 11) is 0. The molecule has 2 unspecified atom stereocenters. The van der Waals surface area contributed by atoms with E-state index in [4.69, 9.17) is 0 Å². The molecule has 2 rings (SSSR count). The minimum absolute atomic E-state index is 0. The van der Waals surface area contributed by atoms with Gasteiger partial charge in [-0.05, 0) is 32.7 Å². The lowest BCUT2D eigenvalue weighted by Gasteiger charge is -2.31. The van der Waals surface area contributed by atoms with Crippen LogP contribution in [0.1, 0.15) is 32.6 Å². The Bertz CT molecular complexity index is 298. The largest absolute Gasteiger partial charge is 0.350 e. The van der Waals surface area contributed by atoms with Gasteiger partial charge in [-0.15, -0.1) is 12.4 Å². The van der Waals surface area contributed by atoms with Gasteiger partial charge in [0.1, 0.15) is 6.04 Å². The molecule has 0 aliphatic carbocycles. The topological polar surface area (TPSA) is 70.2 Å². The summed E-state index contributed by atoms with van der Waals surface area (Å²) in [5, 5.41) is 9.04. The fourth-order valence-electron chi connectivity index (χ4n) is 2.34. The molecule has 2 amide bonds. The van der Waals surface area contributed by atoms with Crippen LogP contribution >= 0.6 is 12.4 Å². The molecule has 0 radical (unpaired) electrons. The Morgan fingerprint density at radius 3 is 2.76 bits per heavy atom. The molecule has 6 heteroatoms. The van der Waals surface area contributed by atoms with Crippen molar-refractivity contribution in [1.29, 1.82) is 0 Å². The van der Waals surface area contributed by atoms with Gasteiger partial charge in [-0.25, -0.2) is 0 Å². The third-order valence-corrected chi connectivity index (χ3v) is 3.40. The second kappa shape index (κ2) is 6.21. The lowest BCUT2D eigenvalue weighted by Crippen LogP contribution is -2.55. The van der Waals surface area contributed by atoms with E-state index in [2.05, 4.69) is 22.9 Å². The SMILES string of the molecule is CC1NCCCC1NC(=O)[C@H]1CCC(=O)N1.Cl. The zero-order valence-electron chi connectivity index (χ0n) is 9.99. The molecule has 2 heterocycles.